The predicted octanol–water partition coefficient (Wildman–Crippen LogP) is 1.72. The zero-order valence-electron chi connectivity index (χ0n) is 11.4. The lowest BCUT2D eigenvalue weighted by Crippen LogP contribution is -2.21. The fourth-order valence-corrected chi connectivity index (χ4v) is 2.67. The van der Waals surface area contributed by atoms with Gasteiger partial charge in [-0.25, -0.2) is 0 Å². The normalized spacial score (nSPS) is 14.7. The Morgan fingerprint density at radius 1 is 0.905 bits per heavy atom. The quantitative estimate of drug-likeness (QED) is 0.839. The molecule has 0 spiro atoms. The van der Waals surface area contributed by atoms with Crippen LogP contribution in [0.2, 0.25) is 0 Å². The minimum Gasteiger partial charge on any atom is -0.392 e. The largest absolute Gasteiger partial charge is 0.392 e. The molecule has 0 aromatic heterocycles. The Morgan fingerprint density at radius 3 is 2.43 bits per heavy atom. The van der Waals surface area contributed by atoms with Gasteiger partial charge < -0.3 is 5.11 Å². The fraction of sp³-hybridized carbons (Fsp3) is 0.176. The smallest absolute Gasteiger partial charge is 0.259 e. The van der Waals surface area contributed by atoms with Gasteiger partial charge in [-0.3, -0.25) is 14.9 Å². The van der Waals surface area contributed by atoms with Gasteiger partial charge in [0.1, 0.15) is 0 Å². The number of carbonyl (C=O) groups excluding carboxylic acids is 2. The van der Waals surface area contributed by atoms with Crippen LogP contribution in [0.5, 0.6) is 0 Å². The van der Waals surface area contributed by atoms with Gasteiger partial charge in [0.05, 0.1) is 17.2 Å². The van der Waals surface area contributed by atoms with Crippen molar-refractivity contribution in [2.45, 2.75) is 18.9 Å². The molecule has 0 fully saturated rings. The van der Waals surface area contributed by atoms with Gasteiger partial charge in [-0.05, 0) is 30.0 Å². The van der Waals surface area contributed by atoms with E-state index in [4.69, 9.17) is 0 Å². The molecule has 3 rings (SSSR count). The summed E-state index contributed by atoms with van der Waals surface area (Å²) in [6.45, 7) is 0. The summed E-state index contributed by atoms with van der Waals surface area (Å²) in [6, 6.07) is 14.8. The number of fused-ring (bicyclic) bond motifs is 1. The monoisotopic (exact) mass is 281 g/mol. The number of rotatable bonds is 4. The van der Waals surface area contributed by atoms with Crippen molar-refractivity contribution in [2.75, 3.05) is 0 Å². The zero-order valence-corrected chi connectivity index (χ0v) is 11.4. The Labute approximate surface area is 122 Å². The Kier molecular flexibility index (Phi) is 3.54. The van der Waals surface area contributed by atoms with E-state index in [-0.39, 0.29) is 11.8 Å². The molecule has 106 valence electrons. The molecule has 4 nitrogen and oxygen atoms in total. The van der Waals surface area contributed by atoms with Crippen LogP contribution in [0.1, 0.15) is 31.8 Å². The van der Waals surface area contributed by atoms with Crippen LogP contribution in [0.15, 0.2) is 48.5 Å². The van der Waals surface area contributed by atoms with Crippen molar-refractivity contribution < 1.29 is 14.7 Å². The molecule has 2 amide bonds. The molecule has 0 unspecified atom stereocenters. The lowest BCUT2D eigenvalue weighted by atomic mass is 9.95. The van der Waals surface area contributed by atoms with Crippen LogP contribution < -0.4 is 5.32 Å². The number of imide groups is 1. The number of benzene rings is 2. The first kappa shape index (κ1) is 13.5. The predicted molar refractivity (Wildman–Crippen MR) is 78.1 cm³/mol. The maximum absolute atomic E-state index is 11.8. The molecule has 1 heterocycles. The third-order valence-corrected chi connectivity index (χ3v) is 3.62. The van der Waals surface area contributed by atoms with Crippen molar-refractivity contribution in [3.8, 4) is 0 Å². The minimum atomic E-state index is -0.595. The van der Waals surface area contributed by atoms with Crippen molar-refractivity contribution >= 4 is 11.8 Å². The second kappa shape index (κ2) is 5.50. The van der Waals surface area contributed by atoms with E-state index in [2.05, 4.69) is 5.32 Å². The third-order valence-electron chi connectivity index (χ3n) is 3.62. The molecular formula is C17H15NO3. The summed E-state index contributed by atoms with van der Waals surface area (Å²) in [5.41, 5.74) is 2.54. The van der Waals surface area contributed by atoms with Crippen molar-refractivity contribution in [3.05, 3.63) is 70.8 Å². The number of carbonyl (C=O) groups is 2. The summed E-state index contributed by atoms with van der Waals surface area (Å²) in [6.07, 6.45) is 0.265. The molecule has 0 saturated carbocycles. The lowest BCUT2D eigenvalue weighted by molar-refractivity contribution is 0.0879. The van der Waals surface area contributed by atoms with E-state index in [1.807, 2.05) is 30.3 Å². The Morgan fingerprint density at radius 2 is 1.67 bits per heavy atom. The molecule has 0 radical (unpaired) electrons. The molecule has 2 aromatic carbocycles. The van der Waals surface area contributed by atoms with Gasteiger partial charge in [0, 0.05) is 0 Å². The van der Waals surface area contributed by atoms with Crippen LogP contribution in [0.3, 0.4) is 0 Å². The SMILES string of the molecule is O=C1NC(=O)c2c(C[C@@H](O)Cc3ccccc3)cccc21. The molecule has 2 aromatic rings. The molecule has 0 bridgehead atoms. The Balaban J connectivity index is 1.80. The summed E-state index contributed by atoms with van der Waals surface area (Å²) in [5.74, 6) is -0.744. The number of hydrogen-bond acceptors (Lipinski definition) is 3. The highest BCUT2D eigenvalue weighted by Gasteiger charge is 2.29. The maximum atomic E-state index is 11.8. The molecule has 1 aliphatic heterocycles. The number of hydrogen-bond donors (Lipinski definition) is 2. The number of nitrogens with one attached hydrogen (secondary N) is 1. The lowest BCUT2D eigenvalue weighted by Gasteiger charge is -2.12. The Bertz CT molecular complexity index is 694. The van der Waals surface area contributed by atoms with E-state index in [0.717, 1.165) is 5.56 Å². The highest BCUT2D eigenvalue weighted by molar-refractivity contribution is 6.22. The summed E-state index contributed by atoms with van der Waals surface area (Å²) in [7, 11) is 0. The van der Waals surface area contributed by atoms with Crippen molar-refractivity contribution in [2.24, 2.45) is 0 Å². The van der Waals surface area contributed by atoms with Crippen LogP contribution in [0.25, 0.3) is 0 Å². The standard InChI is InChI=1S/C17H15NO3/c19-13(9-11-5-2-1-3-6-11)10-12-7-4-8-14-15(12)17(21)18-16(14)20/h1-8,13,19H,9-10H2,(H,18,20,21)/t13-/m0/s1. The van der Waals surface area contributed by atoms with Gasteiger partial charge in [-0.15, -0.1) is 0 Å². The highest BCUT2D eigenvalue weighted by atomic mass is 16.3. The molecular weight excluding hydrogens is 266 g/mol. The van der Waals surface area contributed by atoms with Crippen LogP contribution in [0, 0.1) is 0 Å². The van der Waals surface area contributed by atoms with E-state index in [1.54, 1.807) is 18.2 Å². The topological polar surface area (TPSA) is 66.4 Å². The summed E-state index contributed by atoms with van der Waals surface area (Å²) in [5, 5.41) is 12.5. The second-order valence-electron chi connectivity index (χ2n) is 5.17. The van der Waals surface area contributed by atoms with E-state index >= 15 is 0 Å². The summed E-state index contributed by atoms with van der Waals surface area (Å²) < 4.78 is 0. The molecule has 0 aliphatic carbocycles. The van der Waals surface area contributed by atoms with Crippen LogP contribution in [0.4, 0.5) is 0 Å². The summed E-state index contributed by atoms with van der Waals surface area (Å²) in [4.78, 5) is 23.4. The molecule has 1 atom stereocenters. The van der Waals surface area contributed by atoms with Gasteiger partial charge >= 0.3 is 0 Å². The van der Waals surface area contributed by atoms with E-state index in [0.29, 0.717) is 29.5 Å². The molecule has 0 saturated heterocycles. The highest BCUT2D eigenvalue weighted by Crippen LogP contribution is 2.22. The van der Waals surface area contributed by atoms with Crippen molar-refractivity contribution in [1.82, 2.24) is 5.32 Å². The van der Waals surface area contributed by atoms with Gasteiger partial charge in [0.15, 0.2) is 0 Å². The first-order valence-electron chi connectivity index (χ1n) is 6.84. The average Bonchev–Trinajstić information content (AvgIpc) is 2.76. The average molecular weight is 281 g/mol. The van der Waals surface area contributed by atoms with Crippen LogP contribution >= 0.6 is 0 Å². The Hall–Kier alpha value is -2.46. The number of amides is 2. The van der Waals surface area contributed by atoms with Crippen molar-refractivity contribution in [3.63, 3.8) is 0 Å². The van der Waals surface area contributed by atoms with Crippen molar-refractivity contribution in [1.29, 1.82) is 0 Å². The first-order valence-corrected chi connectivity index (χ1v) is 6.84. The minimum absolute atomic E-state index is 0.346. The fourth-order valence-electron chi connectivity index (χ4n) is 2.67. The molecule has 21 heavy (non-hydrogen) atoms. The summed E-state index contributed by atoms with van der Waals surface area (Å²) >= 11 is 0. The second-order valence-corrected chi connectivity index (χ2v) is 5.17. The van der Waals surface area contributed by atoms with E-state index in [9.17, 15) is 14.7 Å². The number of aliphatic hydroxyl groups excluding tert-OH is 1. The van der Waals surface area contributed by atoms with Gasteiger partial charge in [0.25, 0.3) is 11.8 Å². The van der Waals surface area contributed by atoms with E-state index in [1.165, 1.54) is 0 Å². The van der Waals surface area contributed by atoms with Gasteiger partial charge in [-0.2, -0.15) is 0 Å². The molecule has 4 heteroatoms. The first-order chi connectivity index (χ1) is 10.1. The van der Waals surface area contributed by atoms with Gasteiger partial charge in [0.2, 0.25) is 0 Å². The molecule has 1 aliphatic rings. The molecule has 2 N–H and O–H groups in total. The third kappa shape index (κ3) is 2.71. The maximum Gasteiger partial charge on any atom is 0.259 e. The number of aliphatic hydroxyl groups is 1. The van der Waals surface area contributed by atoms with Crippen LogP contribution in [-0.2, 0) is 12.8 Å². The van der Waals surface area contributed by atoms with E-state index < -0.39 is 6.10 Å². The zero-order chi connectivity index (χ0) is 14.8. The van der Waals surface area contributed by atoms with Gasteiger partial charge in [-0.1, -0.05) is 42.5 Å². The van der Waals surface area contributed by atoms with Crippen LogP contribution in [-0.4, -0.2) is 23.0 Å².